The van der Waals surface area contributed by atoms with Crippen molar-refractivity contribution in [1.82, 2.24) is 10.3 Å². The molecule has 3 N–H and O–H groups in total. The first-order valence-electron chi connectivity index (χ1n) is 9.73. The van der Waals surface area contributed by atoms with Crippen LogP contribution in [0.3, 0.4) is 0 Å². The first kappa shape index (κ1) is 21.1. The van der Waals surface area contributed by atoms with Crippen molar-refractivity contribution < 1.29 is 19.1 Å². The first-order chi connectivity index (χ1) is 14.3. The number of nitrogens with one attached hydrogen (secondary N) is 3. The smallest absolute Gasteiger partial charge is 0.329 e. The van der Waals surface area contributed by atoms with E-state index in [-0.39, 0.29) is 12.3 Å². The van der Waals surface area contributed by atoms with Gasteiger partial charge in [-0.2, -0.15) is 0 Å². The van der Waals surface area contributed by atoms with E-state index >= 15 is 0 Å². The molecule has 0 aliphatic rings. The van der Waals surface area contributed by atoms with Crippen molar-refractivity contribution in [1.29, 1.82) is 0 Å². The number of fused-ring (bicyclic) bond motifs is 1. The van der Waals surface area contributed by atoms with Gasteiger partial charge in [0.15, 0.2) is 6.10 Å². The number of para-hydroxylation sites is 1. The second kappa shape index (κ2) is 9.26. The fraction of sp³-hybridized carbons (Fsp3) is 0.261. The number of ether oxygens (including phenoxy) is 1. The molecule has 0 aliphatic heterocycles. The SMILES string of the molecule is CC(=O)N[C@@H](Cc1c[nH]c2ccccc12)C(=O)O[C@H](C)C(=O)Nc1ccc(C)cc1. The van der Waals surface area contributed by atoms with Crippen LogP contribution in [-0.2, 0) is 25.5 Å². The van der Waals surface area contributed by atoms with Crippen LogP contribution in [0.1, 0.15) is 25.0 Å². The molecular weight excluding hydrogens is 382 g/mol. The van der Waals surface area contributed by atoms with Crippen LogP contribution >= 0.6 is 0 Å². The summed E-state index contributed by atoms with van der Waals surface area (Å²) in [7, 11) is 0. The predicted octanol–water partition coefficient (Wildman–Crippen LogP) is 3.09. The molecule has 2 amide bonds. The second-order valence-corrected chi connectivity index (χ2v) is 7.25. The van der Waals surface area contributed by atoms with Crippen molar-refractivity contribution in [2.24, 2.45) is 0 Å². The van der Waals surface area contributed by atoms with Gasteiger partial charge in [-0.05, 0) is 37.6 Å². The number of esters is 1. The zero-order valence-electron chi connectivity index (χ0n) is 17.2. The third-order valence-corrected chi connectivity index (χ3v) is 4.74. The molecule has 2 atom stereocenters. The fourth-order valence-corrected chi connectivity index (χ4v) is 3.15. The highest BCUT2D eigenvalue weighted by molar-refractivity contribution is 5.96. The number of aromatic amines is 1. The van der Waals surface area contributed by atoms with Gasteiger partial charge in [0.2, 0.25) is 5.91 Å². The average molecular weight is 407 g/mol. The number of rotatable bonds is 7. The highest BCUT2D eigenvalue weighted by Crippen LogP contribution is 2.19. The van der Waals surface area contributed by atoms with Crippen molar-refractivity contribution >= 4 is 34.4 Å². The van der Waals surface area contributed by atoms with E-state index in [1.807, 2.05) is 43.3 Å². The van der Waals surface area contributed by atoms with Crippen molar-refractivity contribution in [2.45, 2.75) is 39.3 Å². The molecule has 3 rings (SSSR count). The van der Waals surface area contributed by atoms with Gasteiger partial charge >= 0.3 is 5.97 Å². The molecule has 7 nitrogen and oxygen atoms in total. The number of anilines is 1. The van der Waals surface area contributed by atoms with E-state index in [0.29, 0.717) is 5.69 Å². The molecule has 30 heavy (non-hydrogen) atoms. The summed E-state index contributed by atoms with van der Waals surface area (Å²) in [4.78, 5) is 39.9. The highest BCUT2D eigenvalue weighted by Gasteiger charge is 2.27. The van der Waals surface area contributed by atoms with Crippen LogP contribution in [-0.4, -0.2) is 34.9 Å². The molecule has 3 aromatic rings. The number of carbonyl (C=O) groups is 3. The van der Waals surface area contributed by atoms with Crippen LogP contribution in [0.2, 0.25) is 0 Å². The van der Waals surface area contributed by atoms with Gasteiger partial charge in [-0.1, -0.05) is 35.9 Å². The van der Waals surface area contributed by atoms with Crippen LogP contribution in [0, 0.1) is 6.92 Å². The lowest BCUT2D eigenvalue weighted by atomic mass is 10.0. The summed E-state index contributed by atoms with van der Waals surface area (Å²) in [5.74, 6) is -1.46. The Labute approximate surface area is 174 Å². The zero-order valence-corrected chi connectivity index (χ0v) is 17.2. The molecule has 0 saturated carbocycles. The van der Waals surface area contributed by atoms with E-state index in [0.717, 1.165) is 22.0 Å². The topological polar surface area (TPSA) is 100 Å². The van der Waals surface area contributed by atoms with Crippen molar-refractivity contribution in [3.05, 3.63) is 65.9 Å². The standard InChI is InChI=1S/C23H25N3O4/c1-14-8-10-18(11-9-14)26-22(28)15(2)30-23(29)21(25-16(3)27)12-17-13-24-20-7-5-4-6-19(17)20/h4-11,13,15,21,24H,12H2,1-3H3,(H,25,27)(H,26,28)/t15-,21+/m1/s1. The summed E-state index contributed by atoms with van der Waals surface area (Å²) >= 11 is 0. The monoisotopic (exact) mass is 407 g/mol. The summed E-state index contributed by atoms with van der Waals surface area (Å²) < 4.78 is 5.36. The summed E-state index contributed by atoms with van der Waals surface area (Å²) in [6.45, 7) is 4.78. The number of hydrogen-bond acceptors (Lipinski definition) is 4. The minimum atomic E-state index is -1.02. The number of hydrogen-bond donors (Lipinski definition) is 3. The summed E-state index contributed by atoms with van der Waals surface area (Å²) in [6, 6.07) is 14.1. The zero-order chi connectivity index (χ0) is 21.7. The predicted molar refractivity (Wildman–Crippen MR) is 115 cm³/mol. The molecule has 0 saturated heterocycles. The van der Waals surface area contributed by atoms with Gasteiger partial charge in [-0.25, -0.2) is 4.79 Å². The lowest BCUT2D eigenvalue weighted by Crippen LogP contribution is -2.44. The number of amides is 2. The molecule has 7 heteroatoms. The molecule has 0 radical (unpaired) electrons. The Morgan fingerprint density at radius 1 is 1.07 bits per heavy atom. The molecule has 0 aliphatic carbocycles. The van der Waals surface area contributed by atoms with Gasteiger partial charge in [-0.3, -0.25) is 9.59 Å². The lowest BCUT2D eigenvalue weighted by molar-refractivity contribution is -0.156. The first-order valence-corrected chi connectivity index (χ1v) is 9.73. The lowest BCUT2D eigenvalue weighted by Gasteiger charge is -2.20. The van der Waals surface area contributed by atoms with Crippen molar-refractivity contribution in [3.63, 3.8) is 0 Å². The molecule has 0 fully saturated rings. The third-order valence-electron chi connectivity index (χ3n) is 4.74. The van der Waals surface area contributed by atoms with Gasteiger partial charge in [-0.15, -0.1) is 0 Å². The van der Waals surface area contributed by atoms with E-state index < -0.39 is 24.0 Å². The van der Waals surface area contributed by atoms with E-state index in [2.05, 4.69) is 15.6 Å². The third kappa shape index (κ3) is 5.26. The molecular formula is C23H25N3O4. The van der Waals surface area contributed by atoms with Gasteiger partial charge < -0.3 is 20.4 Å². The molecule has 1 aromatic heterocycles. The molecule has 0 unspecified atom stereocenters. The maximum Gasteiger partial charge on any atom is 0.329 e. The quantitative estimate of drug-likeness (QED) is 0.524. The maximum absolute atomic E-state index is 12.7. The number of carbonyl (C=O) groups excluding carboxylic acids is 3. The maximum atomic E-state index is 12.7. The molecule has 156 valence electrons. The Morgan fingerprint density at radius 3 is 2.47 bits per heavy atom. The van der Waals surface area contributed by atoms with Crippen molar-refractivity contribution in [2.75, 3.05) is 5.32 Å². The fourth-order valence-electron chi connectivity index (χ4n) is 3.15. The Morgan fingerprint density at radius 2 is 1.77 bits per heavy atom. The molecule has 0 bridgehead atoms. The van der Waals surface area contributed by atoms with E-state index in [9.17, 15) is 14.4 Å². The van der Waals surface area contributed by atoms with Crippen LogP contribution in [0.5, 0.6) is 0 Å². The highest BCUT2D eigenvalue weighted by atomic mass is 16.5. The van der Waals surface area contributed by atoms with Crippen LogP contribution in [0.4, 0.5) is 5.69 Å². The summed E-state index contributed by atoms with van der Waals surface area (Å²) in [5, 5.41) is 6.30. The van der Waals surface area contributed by atoms with Crippen molar-refractivity contribution in [3.8, 4) is 0 Å². The van der Waals surface area contributed by atoms with Gasteiger partial charge in [0.1, 0.15) is 6.04 Å². The van der Waals surface area contributed by atoms with E-state index in [1.54, 1.807) is 18.3 Å². The number of aryl methyl sites for hydroxylation is 1. The van der Waals surface area contributed by atoms with Crippen LogP contribution in [0.15, 0.2) is 54.7 Å². The number of H-pyrrole nitrogens is 1. The van der Waals surface area contributed by atoms with E-state index in [1.165, 1.54) is 13.8 Å². The summed E-state index contributed by atoms with van der Waals surface area (Å²) in [5.41, 5.74) is 3.50. The molecule has 0 spiro atoms. The number of aromatic nitrogens is 1. The van der Waals surface area contributed by atoms with Gasteiger partial charge in [0.05, 0.1) is 0 Å². The van der Waals surface area contributed by atoms with E-state index in [4.69, 9.17) is 4.74 Å². The Kier molecular flexibility index (Phi) is 6.51. The van der Waals surface area contributed by atoms with Gasteiger partial charge in [0, 0.05) is 36.1 Å². The average Bonchev–Trinajstić information content (AvgIpc) is 3.11. The Balaban J connectivity index is 1.67. The summed E-state index contributed by atoms with van der Waals surface area (Å²) in [6.07, 6.45) is 1.03. The van der Waals surface area contributed by atoms with Gasteiger partial charge in [0.25, 0.3) is 5.91 Å². The molecule has 1 heterocycles. The van der Waals surface area contributed by atoms with Crippen LogP contribution in [0.25, 0.3) is 10.9 Å². The normalized spacial score (nSPS) is 12.8. The van der Waals surface area contributed by atoms with Crippen LogP contribution < -0.4 is 10.6 Å². The minimum absolute atomic E-state index is 0.245. The minimum Gasteiger partial charge on any atom is -0.451 e. The molecule has 2 aromatic carbocycles. The Hall–Kier alpha value is -3.61. The second-order valence-electron chi connectivity index (χ2n) is 7.25. The Bertz CT molecular complexity index is 1060. The largest absolute Gasteiger partial charge is 0.451 e. The number of benzene rings is 2.